The first-order valence-corrected chi connectivity index (χ1v) is 2.67. The van der Waals surface area contributed by atoms with Crippen LogP contribution in [0.3, 0.4) is 0 Å². The summed E-state index contributed by atoms with van der Waals surface area (Å²) < 4.78 is 0. The van der Waals surface area contributed by atoms with Crippen molar-refractivity contribution < 1.29 is 4.79 Å². The molecule has 8 heavy (non-hydrogen) atoms. The molecule has 0 radical (unpaired) electrons. The van der Waals surface area contributed by atoms with E-state index in [0.29, 0.717) is 19.6 Å². The molecule has 0 aromatic carbocycles. The number of hydrogen-bond acceptors (Lipinski definition) is 3. The highest BCUT2D eigenvalue weighted by atomic mass is 16.1. The molecule has 3 nitrogen and oxygen atoms in total. The fourth-order valence-corrected chi connectivity index (χ4v) is 0.366. The zero-order valence-corrected chi connectivity index (χ0v) is 5.11. The molecule has 0 saturated heterocycles. The summed E-state index contributed by atoms with van der Waals surface area (Å²) in [6.45, 7) is 2.72. The Morgan fingerprint density at radius 3 is 2.75 bits per heavy atom. The topological polar surface area (TPSA) is 55.1 Å². The Bertz CT molecular complexity index is 72.8. The number of Topliss-reactive ketones (excluding diaryl/α,β-unsaturated/α-hetero) is 1. The quantitative estimate of drug-likeness (QED) is 0.383. The SMILES string of the molecule is CC(=O)CCNCN. The maximum absolute atomic E-state index is 10.2. The van der Waals surface area contributed by atoms with Gasteiger partial charge in [0.15, 0.2) is 0 Å². The predicted molar refractivity (Wildman–Crippen MR) is 32.4 cm³/mol. The Morgan fingerprint density at radius 1 is 1.75 bits per heavy atom. The van der Waals surface area contributed by atoms with Crippen molar-refractivity contribution in [2.75, 3.05) is 13.2 Å². The molecule has 0 saturated carbocycles. The van der Waals surface area contributed by atoms with Gasteiger partial charge in [0.1, 0.15) is 5.78 Å². The van der Waals surface area contributed by atoms with E-state index in [2.05, 4.69) is 5.32 Å². The molecule has 0 aliphatic heterocycles. The van der Waals surface area contributed by atoms with Gasteiger partial charge in [0.05, 0.1) is 0 Å². The van der Waals surface area contributed by atoms with E-state index in [1.54, 1.807) is 6.92 Å². The molecule has 0 aromatic heterocycles. The van der Waals surface area contributed by atoms with Gasteiger partial charge in [-0.2, -0.15) is 0 Å². The number of nitrogens with one attached hydrogen (secondary N) is 1. The number of carbonyl (C=O) groups excluding carboxylic acids is 1. The monoisotopic (exact) mass is 116 g/mol. The summed E-state index contributed by atoms with van der Waals surface area (Å²) in [5, 5.41) is 2.84. The van der Waals surface area contributed by atoms with Crippen LogP contribution in [-0.4, -0.2) is 19.0 Å². The minimum Gasteiger partial charge on any atom is -0.318 e. The molecule has 0 aliphatic carbocycles. The summed E-state index contributed by atoms with van der Waals surface area (Å²) in [4.78, 5) is 10.2. The Balaban J connectivity index is 2.82. The van der Waals surface area contributed by atoms with E-state index >= 15 is 0 Å². The average Bonchev–Trinajstić information content (AvgIpc) is 1.66. The lowest BCUT2D eigenvalue weighted by molar-refractivity contribution is -0.116. The van der Waals surface area contributed by atoms with Crippen LogP contribution in [-0.2, 0) is 4.79 Å². The van der Waals surface area contributed by atoms with Gasteiger partial charge in [-0.05, 0) is 6.92 Å². The fraction of sp³-hybridized carbons (Fsp3) is 0.800. The number of nitrogens with two attached hydrogens (primary N) is 1. The van der Waals surface area contributed by atoms with E-state index in [1.165, 1.54) is 0 Å². The van der Waals surface area contributed by atoms with E-state index < -0.39 is 0 Å². The van der Waals surface area contributed by atoms with Crippen molar-refractivity contribution in [2.45, 2.75) is 13.3 Å². The number of rotatable bonds is 4. The Hall–Kier alpha value is -0.410. The van der Waals surface area contributed by atoms with Gasteiger partial charge in [-0.25, -0.2) is 0 Å². The van der Waals surface area contributed by atoms with Crippen LogP contribution in [0.1, 0.15) is 13.3 Å². The summed E-state index contributed by atoms with van der Waals surface area (Å²) in [6, 6.07) is 0. The van der Waals surface area contributed by atoms with Crippen LogP contribution in [0.15, 0.2) is 0 Å². The van der Waals surface area contributed by atoms with Gasteiger partial charge in [0.25, 0.3) is 0 Å². The Labute approximate surface area is 49.3 Å². The molecular weight excluding hydrogens is 104 g/mol. The van der Waals surface area contributed by atoms with Crippen molar-refractivity contribution in [3.63, 3.8) is 0 Å². The molecule has 48 valence electrons. The van der Waals surface area contributed by atoms with E-state index in [0.717, 1.165) is 0 Å². The van der Waals surface area contributed by atoms with Gasteiger partial charge < -0.3 is 11.1 Å². The highest BCUT2D eigenvalue weighted by molar-refractivity contribution is 5.75. The lowest BCUT2D eigenvalue weighted by Gasteiger charge is -1.95. The van der Waals surface area contributed by atoms with Crippen molar-refractivity contribution >= 4 is 5.78 Å². The molecular formula is C5H12N2O. The van der Waals surface area contributed by atoms with Crippen molar-refractivity contribution in [3.8, 4) is 0 Å². The summed E-state index contributed by atoms with van der Waals surface area (Å²) in [5.41, 5.74) is 5.09. The van der Waals surface area contributed by atoms with Crippen LogP contribution in [0.5, 0.6) is 0 Å². The molecule has 0 spiro atoms. The third-order valence-electron chi connectivity index (χ3n) is 0.798. The second-order valence-electron chi connectivity index (χ2n) is 1.66. The van der Waals surface area contributed by atoms with E-state index in [1.807, 2.05) is 0 Å². The molecule has 3 heteroatoms. The van der Waals surface area contributed by atoms with Crippen LogP contribution < -0.4 is 11.1 Å². The number of ketones is 1. The summed E-state index contributed by atoms with van der Waals surface area (Å²) in [5.74, 6) is 0.200. The Morgan fingerprint density at radius 2 is 2.38 bits per heavy atom. The Kier molecular flexibility index (Phi) is 4.50. The minimum atomic E-state index is 0.200. The summed E-state index contributed by atoms with van der Waals surface area (Å²) in [7, 11) is 0. The van der Waals surface area contributed by atoms with Crippen LogP contribution in [0.2, 0.25) is 0 Å². The maximum atomic E-state index is 10.2. The molecule has 0 bridgehead atoms. The summed E-state index contributed by atoms with van der Waals surface area (Å²) >= 11 is 0. The van der Waals surface area contributed by atoms with Gasteiger partial charge in [-0.15, -0.1) is 0 Å². The molecule has 0 rings (SSSR count). The average molecular weight is 116 g/mol. The first kappa shape index (κ1) is 7.59. The van der Waals surface area contributed by atoms with Crippen molar-refractivity contribution in [2.24, 2.45) is 5.73 Å². The molecule has 0 amide bonds. The second-order valence-corrected chi connectivity index (χ2v) is 1.66. The molecule has 0 atom stereocenters. The minimum absolute atomic E-state index is 0.200. The molecule has 0 fully saturated rings. The van der Waals surface area contributed by atoms with E-state index in [9.17, 15) is 4.79 Å². The molecule has 3 N–H and O–H groups in total. The molecule has 0 aromatic rings. The number of hydrogen-bond donors (Lipinski definition) is 2. The fourth-order valence-electron chi connectivity index (χ4n) is 0.366. The largest absolute Gasteiger partial charge is 0.318 e. The van der Waals surface area contributed by atoms with Crippen molar-refractivity contribution in [3.05, 3.63) is 0 Å². The third kappa shape index (κ3) is 5.59. The lowest BCUT2D eigenvalue weighted by Crippen LogP contribution is -2.24. The highest BCUT2D eigenvalue weighted by Gasteiger charge is 1.88. The molecule has 0 heterocycles. The molecule has 0 unspecified atom stereocenters. The number of carbonyl (C=O) groups is 1. The van der Waals surface area contributed by atoms with Crippen molar-refractivity contribution in [1.29, 1.82) is 0 Å². The van der Waals surface area contributed by atoms with Gasteiger partial charge >= 0.3 is 0 Å². The van der Waals surface area contributed by atoms with Crippen LogP contribution in [0, 0.1) is 0 Å². The predicted octanol–water partition coefficient (Wildman–Crippen LogP) is -0.529. The van der Waals surface area contributed by atoms with Crippen molar-refractivity contribution in [1.82, 2.24) is 5.32 Å². The van der Waals surface area contributed by atoms with Gasteiger partial charge in [0.2, 0.25) is 0 Å². The van der Waals surface area contributed by atoms with E-state index in [-0.39, 0.29) is 5.78 Å². The second kappa shape index (κ2) is 4.74. The van der Waals surface area contributed by atoms with Crippen LogP contribution in [0.4, 0.5) is 0 Å². The van der Waals surface area contributed by atoms with Gasteiger partial charge in [0, 0.05) is 19.6 Å². The lowest BCUT2D eigenvalue weighted by atomic mass is 10.3. The zero-order valence-electron chi connectivity index (χ0n) is 5.11. The standard InChI is InChI=1S/C5H12N2O/c1-5(8)2-3-7-4-6/h7H,2-4,6H2,1H3. The normalized spacial score (nSPS) is 9.25. The zero-order chi connectivity index (χ0) is 6.41. The summed E-state index contributed by atoms with van der Waals surface area (Å²) in [6.07, 6.45) is 0.581. The molecule has 0 aliphatic rings. The van der Waals surface area contributed by atoms with Gasteiger partial charge in [-0.3, -0.25) is 4.79 Å². The highest BCUT2D eigenvalue weighted by Crippen LogP contribution is 1.75. The first-order chi connectivity index (χ1) is 3.77. The smallest absolute Gasteiger partial charge is 0.131 e. The van der Waals surface area contributed by atoms with Gasteiger partial charge in [-0.1, -0.05) is 0 Å². The maximum Gasteiger partial charge on any atom is 0.131 e. The van der Waals surface area contributed by atoms with E-state index in [4.69, 9.17) is 5.73 Å². The third-order valence-corrected chi connectivity index (χ3v) is 0.798. The van der Waals surface area contributed by atoms with Crippen LogP contribution >= 0.6 is 0 Å². The van der Waals surface area contributed by atoms with Crippen LogP contribution in [0.25, 0.3) is 0 Å². The first-order valence-electron chi connectivity index (χ1n) is 2.67.